The Morgan fingerprint density at radius 1 is 0.857 bits per heavy atom. The van der Waals surface area contributed by atoms with Crippen molar-refractivity contribution in [2.75, 3.05) is 6.61 Å². The van der Waals surface area contributed by atoms with Gasteiger partial charge in [0, 0.05) is 24.4 Å². The fourth-order valence-electron chi connectivity index (χ4n) is 5.92. The average molecular weight is 477 g/mol. The van der Waals surface area contributed by atoms with Crippen LogP contribution in [-0.4, -0.2) is 41.8 Å². The van der Waals surface area contributed by atoms with Gasteiger partial charge in [-0.2, -0.15) is 0 Å². The van der Waals surface area contributed by atoms with E-state index < -0.39 is 12.1 Å². The highest BCUT2D eigenvalue weighted by Gasteiger charge is 2.34. The lowest BCUT2D eigenvalue weighted by Crippen LogP contribution is -2.47. The molecule has 2 aromatic carbocycles. The first-order valence-corrected chi connectivity index (χ1v) is 12.6. The van der Waals surface area contributed by atoms with Crippen molar-refractivity contribution < 1.29 is 24.2 Å². The van der Waals surface area contributed by atoms with Crippen molar-refractivity contribution >= 4 is 18.0 Å². The van der Waals surface area contributed by atoms with Gasteiger partial charge >= 0.3 is 12.1 Å². The molecule has 7 nitrogen and oxygen atoms in total. The monoisotopic (exact) mass is 476 g/mol. The number of nitrogens with one attached hydrogen (secondary N) is 2. The maximum atomic E-state index is 12.4. The van der Waals surface area contributed by atoms with Gasteiger partial charge in [0.05, 0.1) is 5.92 Å². The van der Waals surface area contributed by atoms with Gasteiger partial charge in [-0.1, -0.05) is 55.0 Å². The number of carbonyl (C=O) groups excluding carboxylic acids is 2. The van der Waals surface area contributed by atoms with Gasteiger partial charge in [0.1, 0.15) is 6.61 Å². The van der Waals surface area contributed by atoms with Crippen LogP contribution in [-0.2, 0) is 14.3 Å². The first kappa shape index (κ1) is 23.4. The Kier molecular flexibility index (Phi) is 6.75. The molecule has 184 valence electrons. The van der Waals surface area contributed by atoms with Gasteiger partial charge in [-0.3, -0.25) is 9.59 Å². The summed E-state index contributed by atoms with van der Waals surface area (Å²) in [5, 5.41) is 15.2. The SMILES string of the molecule is O=C(CC1CC(NC(=O)OCC2c3ccccc3-c3ccccc32)C1)NC1CCCC(C(=O)O)C1. The molecule has 2 amide bonds. The molecular weight excluding hydrogens is 444 g/mol. The molecule has 35 heavy (non-hydrogen) atoms. The van der Waals surface area contributed by atoms with E-state index >= 15 is 0 Å². The number of rotatable bonds is 7. The summed E-state index contributed by atoms with van der Waals surface area (Å²) in [6.07, 6.45) is 4.37. The van der Waals surface area contributed by atoms with Crippen molar-refractivity contribution in [3.05, 3.63) is 59.7 Å². The Morgan fingerprint density at radius 3 is 2.17 bits per heavy atom. The van der Waals surface area contributed by atoms with Gasteiger partial charge in [0.2, 0.25) is 5.91 Å². The van der Waals surface area contributed by atoms with Gasteiger partial charge in [0.25, 0.3) is 0 Å². The minimum Gasteiger partial charge on any atom is -0.481 e. The van der Waals surface area contributed by atoms with Crippen LogP contribution in [0.5, 0.6) is 0 Å². The van der Waals surface area contributed by atoms with Crippen LogP contribution < -0.4 is 10.6 Å². The van der Waals surface area contributed by atoms with Crippen LogP contribution in [0.3, 0.4) is 0 Å². The second-order valence-electron chi connectivity index (χ2n) is 10.2. The molecule has 2 atom stereocenters. The summed E-state index contributed by atoms with van der Waals surface area (Å²) >= 11 is 0. The molecule has 0 saturated heterocycles. The summed E-state index contributed by atoms with van der Waals surface area (Å²) in [5.74, 6) is -0.890. The molecule has 2 unspecified atom stereocenters. The molecule has 0 bridgehead atoms. The number of alkyl carbamates (subject to hydrolysis) is 1. The summed E-state index contributed by atoms with van der Waals surface area (Å²) in [6.45, 7) is 0.289. The van der Waals surface area contributed by atoms with Crippen LogP contribution in [0, 0.1) is 11.8 Å². The Morgan fingerprint density at radius 2 is 1.51 bits per heavy atom. The van der Waals surface area contributed by atoms with E-state index in [1.54, 1.807) is 0 Å². The Labute approximate surface area is 205 Å². The summed E-state index contributed by atoms with van der Waals surface area (Å²) in [5.41, 5.74) is 4.76. The van der Waals surface area contributed by atoms with Crippen LogP contribution in [0.1, 0.15) is 62.0 Å². The molecule has 2 aromatic rings. The van der Waals surface area contributed by atoms with Crippen molar-refractivity contribution in [3.63, 3.8) is 0 Å². The van der Waals surface area contributed by atoms with Crippen LogP contribution >= 0.6 is 0 Å². The van der Waals surface area contributed by atoms with E-state index in [1.807, 2.05) is 24.3 Å². The second-order valence-corrected chi connectivity index (χ2v) is 10.2. The topological polar surface area (TPSA) is 105 Å². The number of aliphatic carboxylic acids is 1. The minimum atomic E-state index is -0.773. The van der Waals surface area contributed by atoms with Gasteiger partial charge in [-0.05, 0) is 60.3 Å². The number of hydrogen-bond donors (Lipinski definition) is 3. The highest BCUT2D eigenvalue weighted by molar-refractivity contribution is 5.79. The average Bonchev–Trinajstić information content (AvgIpc) is 3.15. The fourth-order valence-corrected chi connectivity index (χ4v) is 5.92. The molecule has 5 rings (SSSR count). The van der Waals surface area contributed by atoms with E-state index in [4.69, 9.17) is 4.74 Å². The zero-order valence-corrected chi connectivity index (χ0v) is 19.7. The summed E-state index contributed by atoms with van der Waals surface area (Å²) < 4.78 is 5.61. The van der Waals surface area contributed by atoms with Gasteiger partial charge < -0.3 is 20.5 Å². The molecular formula is C28H32N2O5. The van der Waals surface area contributed by atoms with E-state index in [9.17, 15) is 19.5 Å². The molecule has 0 aromatic heterocycles. The van der Waals surface area contributed by atoms with Gasteiger partial charge in [0.15, 0.2) is 0 Å². The van der Waals surface area contributed by atoms with Crippen molar-refractivity contribution in [1.29, 1.82) is 0 Å². The van der Waals surface area contributed by atoms with Crippen molar-refractivity contribution in [1.82, 2.24) is 10.6 Å². The minimum absolute atomic E-state index is 0.0226. The molecule has 3 aliphatic rings. The number of carbonyl (C=O) groups is 3. The van der Waals surface area contributed by atoms with Gasteiger partial charge in [-0.15, -0.1) is 0 Å². The van der Waals surface area contributed by atoms with Crippen LogP contribution in [0.2, 0.25) is 0 Å². The highest BCUT2D eigenvalue weighted by atomic mass is 16.5. The largest absolute Gasteiger partial charge is 0.481 e. The van der Waals surface area contributed by atoms with Crippen molar-refractivity contribution in [2.24, 2.45) is 11.8 Å². The number of ether oxygens (including phenoxy) is 1. The summed E-state index contributed by atoms with van der Waals surface area (Å²) in [6, 6.07) is 16.5. The molecule has 0 radical (unpaired) electrons. The lowest BCUT2D eigenvalue weighted by molar-refractivity contribution is -0.143. The maximum Gasteiger partial charge on any atom is 0.407 e. The van der Waals surface area contributed by atoms with Crippen LogP contribution in [0.15, 0.2) is 48.5 Å². The van der Waals surface area contributed by atoms with Crippen molar-refractivity contribution in [2.45, 2.75) is 62.9 Å². The third-order valence-electron chi connectivity index (χ3n) is 7.76. The highest BCUT2D eigenvalue weighted by Crippen LogP contribution is 2.44. The van der Waals surface area contributed by atoms with Crippen LogP contribution in [0.25, 0.3) is 11.1 Å². The van der Waals surface area contributed by atoms with E-state index in [-0.39, 0.29) is 42.4 Å². The lowest BCUT2D eigenvalue weighted by Gasteiger charge is -2.36. The third kappa shape index (κ3) is 5.19. The first-order chi connectivity index (χ1) is 17.0. The van der Waals surface area contributed by atoms with E-state index in [0.29, 0.717) is 19.3 Å². The van der Waals surface area contributed by atoms with Crippen molar-refractivity contribution in [3.8, 4) is 11.1 Å². The fraction of sp³-hybridized carbons (Fsp3) is 0.464. The standard InChI is InChI=1S/C28H32N2O5/c31-26(29-19-7-5-6-18(15-19)27(32)33)14-17-12-20(13-17)30-28(34)35-16-25-23-10-3-1-8-21(23)22-9-2-4-11-24(22)25/h1-4,8-11,17-20,25H,5-7,12-16H2,(H,29,31)(H,30,34)(H,32,33). The number of carboxylic acid groups (broad SMARTS) is 1. The number of benzene rings is 2. The zero-order chi connectivity index (χ0) is 24.4. The van der Waals surface area contributed by atoms with E-state index in [2.05, 4.69) is 34.9 Å². The lowest BCUT2D eigenvalue weighted by atomic mass is 9.78. The maximum absolute atomic E-state index is 12.4. The smallest absolute Gasteiger partial charge is 0.407 e. The quantitative estimate of drug-likeness (QED) is 0.548. The number of hydrogen-bond acceptors (Lipinski definition) is 4. The molecule has 0 spiro atoms. The molecule has 3 aliphatic carbocycles. The Bertz CT molecular complexity index is 1060. The second kappa shape index (κ2) is 10.1. The zero-order valence-electron chi connectivity index (χ0n) is 19.7. The summed E-state index contributed by atoms with van der Waals surface area (Å²) in [7, 11) is 0. The predicted molar refractivity (Wildman–Crippen MR) is 131 cm³/mol. The third-order valence-corrected chi connectivity index (χ3v) is 7.76. The van der Waals surface area contributed by atoms with Crippen LogP contribution in [0.4, 0.5) is 4.79 Å². The molecule has 0 heterocycles. The number of fused-ring (bicyclic) bond motifs is 3. The van der Waals surface area contributed by atoms with E-state index in [1.165, 1.54) is 22.3 Å². The first-order valence-electron chi connectivity index (χ1n) is 12.6. The molecule has 0 aliphatic heterocycles. The number of amides is 2. The summed E-state index contributed by atoms with van der Waals surface area (Å²) in [4.78, 5) is 36.1. The molecule has 3 N–H and O–H groups in total. The predicted octanol–water partition coefficient (Wildman–Crippen LogP) is 4.45. The Hall–Kier alpha value is -3.35. The molecule has 2 fully saturated rings. The number of carboxylic acids is 1. The molecule has 7 heteroatoms. The molecule has 2 saturated carbocycles. The normalized spacial score (nSPS) is 25.0. The Balaban J connectivity index is 1.04. The van der Waals surface area contributed by atoms with E-state index in [0.717, 1.165) is 25.7 Å². The van der Waals surface area contributed by atoms with Gasteiger partial charge in [-0.25, -0.2) is 4.79 Å².